The maximum atomic E-state index is 13.0. The van der Waals surface area contributed by atoms with Crippen LogP contribution in [0, 0.1) is 6.92 Å². The van der Waals surface area contributed by atoms with Crippen molar-refractivity contribution in [2.24, 2.45) is 0 Å². The molecular formula is C23H22Cl2N2O4S. The first kappa shape index (κ1) is 23.9. The number of amides is 1. The van der Waals surface area contributed by atoms with E-state index in [-0.39, 0.29) is 23.1 Å². The molecule has 0 fully saturated rings. The number of sulfonamides is 1. The first-order valence-electron chi connectivity index (χ1n) is 9.78. The van der Waals surface area contributed by atoms with Crippen LogP contribution in [-0.4, -0.2) is 27.5 Å². The van der Waals surface area contributed by atoms with Gasteiger partial charge < -0.3 is 10.1 Å². The van der Waals surface area contributed by atoms with E-state index in [0.717, 1.165) is 5.56 Å². The maximum Gasteiger partial charge on any atom is 0.264 e. The molecule has 168 valence electrons. The van der Waals surface area contributed by atoms with E-state index in [1.807, 2.05) is 6.92 Å². The van der Waals surface area contributed by atoms with Crippen molar-refractivity contribution in [1.29, 1.82) is 0 Å². The van der Waals surface area contributed by atoms with E-state index in [4.69, 9.17) is 27.9 Å². The number of nitrogens with one attached hydrogen (secondary N) is 1. The van der Waals surface area contributed by atoms with E-state index in [9.17, 15) is 13.2 Å². The van der Waals surface area contributed by atoms with Gasteiger partial charge in [-0.3, -0.25) is 9.10 Å². The second-order valence-electron chi connectivity index (χ2n) is 6.91. The highest BCUT2D eigenvalue weighted by Crippen LogP contribution is 2.29. The fraction of sp³-hybridized carbons (Fsp3) is 0.174. The van der Waals surface area contributed by atoms with Gasteiger partial charge in [-0.05, 0) is 62.4 Å². The Morgan fingerprint density at radius 3 is 2.28 bits per heavy atom. The molecule has 1 amide bonds. The third-order valence-corrected chi connectivity index (χ3v) is 7.35. The molecule has 3 aromatic carbocycles. The van der Waals surface area contributed by atoms with Crippen molar-refractivity contribution in [3.63, 3.8) is 0 Å². The molecule has 0 saturated heterocycles. The van der Waals surface area contributed by atoms with Gasteiger partial charge in [0.15, 0.2) is 6.61 Å². The Kier molecular flexibility index (Phi) is 7.66. The molecule has 0 unspecified atom stereocenters. The molecule has 9 heteroatoms. The number of aryl methyl sites for hydroxylation is 1. The average Bonchev–Trinajstić information content (AvgIpc) is 2.77. The van der Waals surface area contributed by atoms with Gasteiger partial charge >= 0.3 is 0 Å². The summed E-state index contributed by atoms with van der Waals surface area (Å²) in [4.78, 5) is 12.4. The van der Waals surface area contributed by atoms with Gasteiger partial charge in [0.2, 0.25) is 0 Å². The number of benzene rings is 3. The van der Waals surface area contributed by atoms with Crippen LogP contribution < -0.4 is 14.4 Å². The monoisotopic (exact) mass is 492 g/mol. The molecule has 6 nitrogen and oxygen atoms in total. The Bertz CT molecular complexity index is 1200. The van der Waals surface area contributed by atoms with E-state index in [2.05, 4.69) is 5.32 Å². The lowest BCUT2D eigenvalue weighted by Gasteiger charge is -2.23. The number of nitrogens with zero attached hydrogens (tertiary/aromatic N) is 1. The summed E-state index contributed by atoms with van der Waals surface area (Å²) in [7, 11) is -3.70. The summed E-state index contributed by atoms with van der Waals surface area (Å²) in [6, 6.07) is 18.1. The summed E-state index contributed by atoms with van der Waals surface area (Å²) in [6.45, 7) is 3.68. The normalized spacial score (nSPS) is 11.1. The number of carbonyl (C=O) groups excluding carboxylic acids is 1. The third-order valence-electron chi connectivity index (χ3n) is 4.62. The molecule has 0 aliphatic rings. The standard InChI is InChI=1S/C23H22Cl2N2O4S/c1-3-27(32(29,30)19-13-7-16(2)8-14-19)17-9-11-18(12-10-17)31-15-22(28)26-21-6-4-5-20(24)23(21)25/h4-14H,3,15H2,1-2H3,(H,26,28). The largest absolute Gasteiger partial charge is 0.484 e. The molecule has 0 heterocycles. The molecule has 0 aliphatic heterocycles. The molecular weight excluding hydrogens is 471 g/mol. The van der Waals surface area contributed by atoms with Crippen molar-refractivity contribution < 1.29 is 17.9 Å². The second-order valence-corrected chi connectivity index (χ2v) is 9.56. The smallest absolute Gasteiger partial charge is 0.264 e. The number of halogens is 2. The molecule has 3 aromatic rings. The average molecular weight is 493 g/mol. The van der Waals surface area contributed by atoms with Gasteiger partial charge in [-0.15, -0.1) is 0 Å². The van der Waals surface area contributed by atoms with Crippen molar-refractivity contribution in [3.05, 3.63) is 82.3 Å². The second kappa shape index (κ2) is 10.3. The fourth-order valence-corrected chi connectivity index (χ4v) is 4.79. The summed E-state index contributed by atoms with van der Waals surface area (Å²) in [6.07, 6.45) is 0. The van der Waals surface area contributed by atoms with Crippen LogP contribution in [0.3, 0.4) is 0 Å². The molecule has 0 spiro atoms. The SMILES string of the molecule is CCN(c1ccc(OCC(=O)Nc2cccc(Cl)c2Cl)cc1)S(=O)(=O)c1ccc(C)cc1. The summed E-state index contributed by atoms with van der Waals surface area (Å²) >= 11 is 12.0. The van der Waals surface area contributed by atoms with Crippen LogP contribution in [0.4, 0.5) is 11.4 Å². The van der Waals surface area contributed by atoms with Crippen LogP contribution in [0.5, 0.6) is 5.75 Å². The van der Waals surface area contributed by atoms with Gasteiger partial charge in [0.25, 0.3) is 15.9 Å². The number of hydrogen-bond acceptors (Lipinski definition) is 4. The first-order valence-corrected chi connectivity index (χ1v) is 12.0. The highest BCUT2D eigenvalue weighted by molar-refractivity contribution is 7.92. The topological polar surface area (TPSA) is 75.7 Å². The lowest BCUT2D eigenvalue weighted by molar-refractivity contribution is -0.118. The number of ether oxygens (including phenoxy) is 1. The van der Waals surface area contributed by atoms with Crippen LogP contribution >= 0.6 is 23.2 Å². The Balaban J connectivity index is 1.66. The molecule has 1 N–H and O–H groups in total. The van der Waals surface area contributed by atoms with E-state index in [1.165, 1.54) is 4.31 Å². The summed E-state index contributed by atoms with van der Waals surface area (Å²) < 4.78 is 32.9. The number of carbonyl (C=O) groups is 1. The third kappa shape index (κ3) is 5.54. The van der Waals surface area contributed by atoms with Gasteiger partial charge in [-0.2, -0.15) is 0 Å². The Morgan fingerprint density at radius 1 is 1.00 bits per heavy atom. The van der Waals surface area contributed by atoms with Gasteiger partial charge in [0, 0.05) is 6.54 Å². The van der Waals surface area contributed by atoms with E-state index in [0.29, 0.717) is 22.1 Å². The molecule has 0 aromatic heterocycles. The molecule has 0 bridgehead atoms. The van der Waals surface area contributed by atoms with E-state index >= 15 is 0 Å². The van der Waals surface area contributed by atoms with Crippen LogP contribution in [0.15, 0.2) is 71.6 Å². The molecule has 0 radical (unpaired) electrons. The maximum absolute atomic E-state index is 13.0. The predicted octanol–water partition coefficient (Wildman–Crippen LogP) is 5.53. The van der Waals surface area contributed by atoms with Crippen LogP contribution in [0.1, 0.15) is 12.5 Å². The van der Waals surface area contributed by atoms with Crippen molar-refractivity contribution in [2.45, 2.75) is 18.7 Å². The minimum absolute atomic E-state index is 0.224. The zero-order chi connectivity index (χ0) is 23.3. The number of anilines is 2. The minimum Gasteiger partial charge on any atom is -0.484 e. The van der Waals surface area contributed by atoms with E-state index in [1.54, 1.807) is 73.7 Å². The molecule has 32 heavy (non-hydrogen) atoms. The van der Waals surface area contributed by atoms with Crippen molar-refractivity contribution in [3.8, 4) is 5.75 Å². The van der Waals surface area contributed by atoms with Crippen LogP contribution in [0.2, 0.25) is 10.0 Å². The highest BCUT2D eigenvalue weighted by Gasteiger charge is 2.23. The highest BCUT2D eigenvalue weighted by atomic mass is 35.5. The first-order chi connectivity index (χ1) is 15.2. The number of rotatable bonds is 8. The van der Waals surface area contributed by atoms with Gasteiger partial charge in [-0.25, -0.2) is 8.42 Å². The van der Waals surface area contributed by atoms with Gasteiger partial charge in [-0.1, -0.05) is 47.0 Å². The lowest BCUT2D eigenvalue weighted by atomic mass is 10.2. The fourth-order valence-electron chi connectivity index (χ4n) is 2.97. The van der Waals surface area contributed by atoms with E-state index < -0.39 is 15.9 Å². The summed E-state index contributed by atoms with van der Waals surface area (Å²) in [5.74, 6) is 0.0141. The molecule has 3 rings (SSSR count). The van der Waals surface area contributed by atoms with Gasteiger partial charge in [0.05, 0.1) is 26.3 Å². The molecule has 0 saturated carbocycles. The summed E-state index contributed by atoms with van der Waals surface area (Å²) in [5.41, 5.74) is 1.87. The van der Waals surface area contributed by atoms with Crippen molar-refractivity contribution in [1.82, 2.24) is 0 Å². The van der Waals surface area contributed by atoms with Gasteiger partial charge in [0.1, 0.15) is 5.75 Å². The summed E-state index contributed by atoms with van der Waals surface area (Å²) in [5, 5.41) is 3.22. The van der Waals surface area contributed by atoms with Crippen molar-refractivity contribution in [2.75, 3.05) is 22.8 Å². The van der Waals surface area contributed by atoms with Crippen LogP contribution in [-0.2, 0) is 14.8 Å². The Hall–Kier alpha value is -2.74. The van der Waals surface area contributed by atoms with Crippen molar-refractivity contribution >= 4 is 50.5 Å². The lowest BCUT2D eigenvalue weighted by Crippen LogP contribution is -2.30. The minimum atomic E-state index is -3.70. The zero-order valence-electron chi connectivity index (χ0n) is 17.5. The Labute approximate surface area is 197 Å². The predicted molar refractivity (Wildman–Crippen MR) is 128 cm³/mol. The molecule has 0 aliphatic carbocycles. The molecule has 0 atom stereocenters. The zero-order valence-corrected chi connectivity index (χ0v) is 19.8. The Morgan fingerprint density at radius 2 is 1.66 bits per heavy atom. The number of hydrogen-bond donors (Lipinski definition) is 1. The quantitative estimate of drug-likeness (QED) is 0.448. The van der Waals surface area contributed by atoms with Crippen LogP contribution in [0.25, 0.3) is 0 Å².